The normalized spacial score (nSPS) is 12.7. The molecule has 1 heteroatoms. The van der Waals surface area contributed by atoms with E-state index in [0.29, 0.717) is 6.04 Å². The molecule has 1 atom stereocenters. The molecular weight excluding hydrogens is 278 g/mol. The molecule has 0 fully saturated rings. The molecular formula is C22H39N. The lowest BCUT2D eigenvalue weighted by Gasteiger charge is -2.27. The van der Waals surface area contributed by atoms with Crippen LogP contribution < -0.4 is 0 Å². The first-order valence-electron chi connectivity index (χ1n) is 10.0. The Morgan fingerprint density at radius 2 is 1.26 bits per heavy atom. The second-order valence-corrected chi connectivity index (χ2v) is 7.00. The molecule has 0 amide bonds. The quantitative estimate of drug-likeness (QED) is 0.334. The molecule has 132 valence electrons. The van der Waals surface area contributed by atoms with Crippen molar-refractivity contribution in [3.63, 3.8) is 0 Å². The van der Waals surface area contributed by atoms with E-state index in [1.54, 1.807) is 0 Å². The molecule has 0 radical (unpaired) electrons. The Balaban J connectivity index is 2.06. The smallest absolute Gasteiger partial charge is 0.0342 e. The van der Waals surface area contributed by atoms with Crippen LogP contribution in [-0.2, 0) is 0 Å². The summed E-state index contributed by atoms with van der Waals surface area (Å²) in [6.45, 7) is 5.81. The zero-order chi connectivity index (χ0) is 16.8. The van der Waals surface area contributed by atoms with Crippen LogP contribution in [0.4, 0.5) is 0 Å². The molecule has 0 aliphatic rings. The van der Waals surface area contributed by atoms with Gasteiger partial charge in [0.25, 0.3) is 0 Å². The minimum atomic E-state index is 0.578. The SMILES string of the molecule is CCCCCCCCCCCCN(C)C(CC)c1ccccc1. The molecule has 1 nitrogen and oxygen atoms in total. The first kappa shape index (κ1) is 20.2. The van der Waals surface area contributed by atoms with Crippen LogP contribution in [0.15, 0.2) is 30.3 Å². The Hall–Kier alpha value is -0.820. The monoisotopic (exact) mass is 317 g/mol. The van der Waals surface area contributed by atoms with Crippen LogP contribution in [0, 0.1) is 0 Å². The Morgan fingerprint density at radius 1 is 0.739 bits per heavy atom. The third-order valence-electron chi connectivity index (χ3n) is 4.97. The molecule has 0 aromatic heterocycles. The molecule has 0 bridgehead atoms. The lowest BCUT2D eigenvalue weighted by Crippen LogP contribution is -2.25. The van der Waals surface area contributed by atoms with Gasteiger partial charge in [-0.05, 0) is 32.0 Å². The van der Waals surface area contributed by atoms with Crippen LogP contribution in [0.2, 0.25) is 0 Å². The predicted octanol–water partition coefficient (Wildman–Crippen LogP) is 6.99. The predicted molar refractivity (Wildman–Crippen MR) is 104 cm³/mol. The fraction of sp³-hybridized carbons (Fsp3) is 0.727. The highest BCUT2D eigenvalue weighted by molar-refractivity contribution is 5.18. The number of rotatable bonds is 14. The highest BCUT2D eigenvalue weighted by Gasteiger charge is 2.13. The second-order valence-electron chi connectivity index (χ2n) is 7.00. The molecule has 1 unspecified atom stereocenters. The number of hydrogen-bond donors (Lipinski definition) is 0. The maximum Gasteiger partial charge on any atom is 0.0342 e. The summed E-state index contributed by atoms with van der Waals surface area (Å²) < 4.78 is 0. The van der Waals surface area contributed by atoms with Gasteiger partial charge in [0, 0.05) is 6.04 Å². The van der Waals surface area contributed by atoms with Crippen LogP contribution in [0.5, 0.6) is 0 Å². The molecule has 1 rings (SSSR count). The zero-order valence-corrected chi connectivity index (χ0v) is 15.9. The van der Waals surface area contributed by atoms with Crippen molar-refractivity contribution in [2.24, 2.45) is 0 Å². The summed E-state index contributed by atoms with van der Waals surface area (Å²) in [4.78, 5) is 2.54. The van der Waals surface area contributed by atoms with Crippen molar-refractivity contribution >= 4 is 0 Å². The van der Waals surface area contributed by atoms with Gasteiger partial charge in [-0.3, -0.25) is 4.90 Å². The maximum atomic E-state index is 2.54. The van der Waals surface area contributed by atoms with Gasteiger partial charge in [0.15, 0.2) is 0 Å². The summed E-state index contributed by atoms with van der Waals surface area (Å²) in [7, 11) is 2.29. The van der Waals surface area contributed by atoms with E-state index in [4.69, 9.17) is 0 Å². The molecule has 1 aromatic rings. The van der Waals surface area contributed by atoms with Crippen molar-refractivity contribution in [3.05, 3.63) is 35.9 Å². The summed E-state index contributed by atoms with van der Waals surface area (Å²) in [5.74, 6) is 0. The molecule has 0 aliphatic carbocycles. The molecule has 0 heterocycles. The van der Waals surface area contributed by atoms with Crippen molar-refractivity contribution in [2.75, 3.05) is 13.6 Å². The van der Waals surface area contributed by atoms with Gasteiger partial charge >= 0.3 is 0 Å². The average Bonchev–Trinajstić information content (AvgIpc) is 2.58. The van der Waals surface area contributed by atoms with Crippen LogP contribution in [0.1, 0.15) is 96.1 Å². The fourth-order valence-electron chi connectivity index (χ4n) is 3.48. The Morgan fingerprint density at radius 3 is 1.78 bits per heavy atom. The maximum absolute atomic E-state index is 2.54. The van der Waals surface area contributed by atoms with E-state index in [1.807, 2.05) is 0 Å². The van der Waals surface area contributed by atoms with Gasteiger partial charge in [-0.15, -0.1) is 0 Å². The van der Waals surface area contributed by atoms with E-state index in [1.165, 1.54) is 82.7 Å². The highest BCUT2D eigenvalue weighted by Crippen LogP contribution is 2.23. The van der Waals surface area contributed by atoms with Gasteiger partial charge in [0.2, 0.25) is 0 Å². The van der Waals surface area contributed by atoms with E-state index in [2.05, 4.69) is 56.1 Å². The molecule has 0 aliphatic heterocycles. The van der Waals surface area contributed by atoms with Crippen LogP contribution in [0.25, 0.3) is 0 Å². The van der Waals surface area contributed by atoms with Crippen molar-refractivity contribution in [1.29, 1.82) is 0 Å². The summed E-state index contributed by atoms with van der Waals surface area (Å²) in [5.41, 5.74) is 1.46. The zero-order valence-electron chi connectivity index (χ0n) is 15.9. The summed E-state index contributed by atoms with van der Waals surface area (Å²) >= 11 is 0. The average molecular weight is 318 g/mol. The van der Waals surface area contributed by atoms with E-state index in [-0.39, 0.29) is 0 Å². The van der Waals surface area contributed by atoms with E-state index >= 15 is 0 Å². The molecule has 0 N–H and O–H groups in total. The summed E-state index contributed by atoms with van der Waals surface area (Å²) in [5, 5.41) is 0. The minimum Gasteiger partial charge on any atom is -0.299 e. The van der Waals surface area contributed by atoms with Gasteiger partial charge in [-0.1, -0.05) is 102 Å². The fourth-order valence-corrected chi connectivity index (χ4v) is 3.48. The standard InChI is InChI=1S/C22H39N/c1-4-6-7-8-9-10-11-12-13-17-20-23(3)22(5-2)21-18-15-14-16-19-21/h14-16,18-19,22H,4-13,17,20H2,1-3H3. The third kappa shape index (κ3) is 9.15. The first-order chi connectivity index (χ1) is 11.3. The van der Waals surface area contributed by atoms with Gasteiger partial charge in [-0.25, -0.2) is 0 Å². The van der Waals surface area contributed by atoms with Gasteiger partial charge in [0.1, 0.15) is 0 Å². The number of benzene rings is 1. The lowest BCUT2D eigenvalue weighted by molar-refractivity contribution is 0.233. The Bertz CT molecular complexity index is 359. The van der Waals surface area contributed by atoms with Crippen molar-refractivity contribution in [1.82, 2.24) is 4.90 Å². The lowest BCUT2D eigenvalue weighted by atomic mass is 10.0. The second kappa shape index (κ2) is 13.6. The number of unbranched alkanes of at least 4 members (excludes halogenated alkanes) is 9. The molecule has 0 spiro atoms. The van der Waals surface area contributed by atoms with E-state index < -0.39 is 0 Å². The Kier molecular flexibility index (Phi) is 12.0. The van der Waals surface area contributed by atoms with Crippen molar-refractivity contribution in [2.45, 2.75) is 90.5 Å². The van der Waals surface area contributed by atoms with Crippen molar-refractivity contribution < 1.29 is 0 Å². The molecule has 1 aromatic carbocycles. The minimum absolute atomic E-state index is 0.578. The summed E-state index contributed by atoms with van der Waals surface area (Å²) in [6, 6.07) is 11.5. The Labute approximate surface area is 145 Å². The van der Waals surface area contributed by atoms with Crippen LogP contribution in [0.3, 0.4) is 0 Å². The first-order valence-corrected chi connectivity index (χ1v) is 10.0. The van der Waals surface area contributed by atoms with Crippen LogP contribution >= 0.6 is 0 Å². The molecule has 23 heavy (non-hydrogen) atoms. The summed E-state index contributed by atoms with van der Waals surface area (Å²) in [6.07, 6.45) is 15.4. The molecule has 0 saturated carbocycles. The van der Waals surface area contributed by atoms with Crippen LogP contribution in [-0.4, -0.2) is 18.5 Å². The van der Waals surface area contributed by atoms with Gasteiger partial charge in [-0.2, -0.15) is 0 Å². The highest BCUT2D eigenvalue weighted by atomic mass is 15.1. The van der Waals surface area contributed by atoms with Crippen molar-refractivity contribution in [3.8, 4) is 0 Å². The number of hydrogen-bond acceptors (Lipinski definition) is 1. The van der Waals surface area contributed by atoms with E-state index in [0.717, 1.165) is 0 Å². The van der Waals surface area contributed by atoms with Gasteiger partial charge < -0.3 is 0 Å². The topological polar surface area (TPSA) is 3.24 Å². The third-order valence-corrected chi connectivity index (χ3v) is 4.97. The van der Waals surface area contributed by atoms with Gasteiger partial charge in [0.05, 0.1) is 0 Å². The molecule has 0 saturated heterocycles. The number of nitrogens with zero attached hydrogens (tertiary/aromatic N) is 1. The van der Waals surface area contributed by atoms with E-state index in [9.17, 15) is 0 Å². The largest absolute Gasteiger partial charge is 0.299 e.